The molecule has 23 nitrogen and oxygen atoms in total. The summed E-state index contributed by atoms with van der Waals surface area (Å²) < 4.78 is 81.6. The molecule has 3 amide bonds. The number of likely N-dealkylation sites (N-methyl/N-ethyl adjacent to an activating group) is 2. The lowest BCUT2D eigenvalue weighted by Gasteiger charge is -2.32. The van der Waals surface area contributed by atoms with Crippen molar-refractivity contribution in [3.8, 4) is 5.75 Å². The molecule has 5 N–H and O–H groups in total. The standard InChI is InChI=1S/C47H63N7O16S3/c1-10-48-37-25-54(19-13-21-66-9)73(64,65)47-34(37)24-40(71-47)72(62,63)52-42(57)28(6)68-46(61)30(8)69-45(60)29(7)67-38(55)16-17-39(56)70-31-14-15-35-32(22-31)33(43(58)51-35)23-36-26(4)41(27(5)50-36)44(59)49-18-20-53(11-2)12-3/h14-15,22-24,28-30,37,48,50H,10-13,16-21,25H2,1-9H3,(H,49,59)(H,51,58)(H,52,57)/b33-23-/t28?,29?,30?,37-/m1/s1. The highest BCUT2D eigenvalue weighted by Gasteiger charge is 2.41. The van der Waals surface area contributed by atoms with Crippen molar-refractivity contribution in [2.45, 2.75) is 107 Å². The summed E-state index contributed by atoms with van der Waals surface area (Å²) in [7, 11) is -7.26. The molecule has 3 unspecified atom stereocenters. The number of aryl methyl sites for hydroxylation is 1. The van der Waals surface area contributed by atoms with Gasteiger partial charge in [-0.25, -0.2) is 31.1 Å². The molecular formula is C47H63N7O16S3. The van der Waals surface area contributed by atoms with Crippen molar-refractivity contribution in [3.05, 3.63) is 57.9 Å². The third kappa shape index (κ3) is 14.4. The van der Waals surface area contributed by atoms with E-state index in [1.165, 1.54) is 29.6 Å². The number of carbonyl (C=O) groups excluding carboxylic acids is 7. The van der Waals surface area contributed by atoms with Crippen LogP contribution in [0.1, 0.15) is 105 Å². The number of nitrogens with one attached hydrogen (secondary N) is 5. The van der Waals surface area contributed by atoms with Gasteiger partial charge in [0.15, 0.2) is 18.3 Å². The van der Waals surface area contributed by atoms with Gasteiger partial charge in [-0.05, 0) is 96.6 Å². The largest absolute Gasteiger partial charge is 0.451 e. The quantitative estimate of drug-likeness (QED) is 0.0268. The molecule has 400 valence electrons. The van der Waals surface area contributed by atoms with E-state index in [9.17, 15) is 50.4 Å². The fourth-order valence-electron chi connectivity index (χ4n) is 7.81. The van der Waals surface area contributed by atoms with Crippen LogP contribution in [-0.4, -0.2) is 150 Å². The molecule has 0 saturated carbocycles. The number of hydrogen-bond acceptors (Lipinski definition) is 19. The van der Waals surface area contributed by atoms with Gasteiger partial charge < -0.3 is 49.5 Å². The maximum Gasteiger partial charge on any atom is 0.347 e. The lowest BCUT2D eigenvalue weighted by molar-refractivity contribution is -0.179. The molecule has 0 saturated heterocycles. The first-order chi connectivity index (χ1) is 34.4. The van der Waals surface area contributed by atoms with E-state index in [1.807, 2.05) is 20.8 Å². The number of aromatic amines is 1. The highest BCUT2D eigenvalue weighted by molar-refractivity contribution is 7.94. The van der Waals surface area contributed by atoms with Gasteiger partial charge in [0.25, 0.3) is 37.8 Å². The van der Waals surface area contributed by atoms with E-state index >= 15 is 0 Å². The molecule has 2 aliphatic rings. The van der Waals surface area contributed by atoms with Crippen LogP contribution in [0, 0.1) is 13.8 Å². The Balaban J connectivity index is 1.09. The monoisotopic (exact) mass is 1080 g/mol. The number of nitrogens with zero attached hydrogens (tertiary/aromatic N) is 2. The summed E-state index contributed by atoms with van der Waals surface area (Å²) in [6.45, 7) is 16.6. The first-order valence-corrected chi connectivity index (χ1v) is 27.3. The topological polar surface area (TPSA) is 304 Å². The molecule has 0 spiro atoms. The van der Waals surface area contributed by atoms with E-state index < -0.39 is 97.1 Å². The van der Waals surface area contributed by atoms with Gasteiger partial charge in [-0.2, -0.15) is 4.31 Å². The number of sulfonamides is 2. The third-order valence-corrected chi connectivity index (χ3v) is 17.2. The minimum atomic E-state index is -4.67. The van der Waals surface area contributed by atoms with Crippen LogP contribution in [0.2, 0.25) is 0 Å². The van der Waals surface area contributed by atoms with E-state index in [-0.39, 0.29) is 40.1 Å². The number of thiophene rings is 1. The first-order valence-electron chi connectivity index (χ1n) is 23.6. The molecule has 5 rings (SSSR count). The van der Waals surface area contributed by atoms with Crippen molar-refractivity contribution >= 4 is 90.3 Å². The lowest BCUT2D eigenvalue weighted by Crippen LogP contribution is -2.43. The SMILES string of the molecule is CCN[C@@H]1CN(CCCOC)S(=O)(=O)c2sc(S(=O)(=O)NC(=O)C(C)OC(=O)C(C)OC(=O)C(C)OC(=O)CCC(=O)Oc3ccc4c(c3)/C(=C/c3[nH]c(C)c(C(=O)NCCN(CC)CC)c3C)C(=O)N4)cc21. The van der Waals surface area contributed by atoms with Crippen LogP contribution in [0.4, 0.5) is 5.69 Å². The zero-order chi connectivity index (χ0) is 53.9. The van der Waals surface area contributed by atoms with Gasteiger partial charge in [-0.3, -0.25) is 24.0 Å². The number of fused-ring (bicyclic) bond motifs is 2. The number of ether oxygens (including phenoxy) is 5. The van der Waals surface area contributed by atoms with Crippen LogP contribution in [0.5, 0.6) is 5.75 Å². The zero-order valence-corrected chi connectivity index (χ0v) is 44.6. The number of H-pyrrole nitrogens is 1. The average molecular weight is 1080 g/mol. The summed E-state index contributed by atoms with van der Waals surface area (Å²) >= 11 is 0.470. The number of hydrogen-bond donors (Lipinski definition) is 5. The van der Waals surface area contributed by atoms with Gasteiger partial charge in [0, 0.05) is 74.1 Å². The Morgan fingerprint density at radius 3 is 2.26 bits per heavy atom. The highest BCUT2D eigenvalue weighted by Crippen LogP contribution is 2.41. The van der Waals surface area contributed by atoms with E-state index in [2.05, 4.69) is 25.8 Å². The second-order valence-corrected chi connectivity index (χ2v) is 22.1. The molecular weight excluding hydrogens is 1010 g/mol. The fourth-order valence-corrected chi connectivity index (χ4v) is 12.7. The maximum atomic E-state index is 13.5. The smallest absolute Gasteiger partial charge is 0.347 e. The van der Waals surface area contributed by atoms with Crippen molar-refractivity contribution in [2.24, 2.45) is 0 Å². The Hall–Kier alpha value is -6.03. The minimum absolute atomic E-state index is 0.0469. The highest BCUT2D eigenvalue weighted by atomic mass is 32.3. The van der Waals surface area contributed by atoms with Gasteiger partial charge in [0.1, 0.15) is 14.2 Å². The van der Waals surface area contributed by atoms with Gasteiger partial charge in [-0.15, -0.1) is 11.3 Å². The van der Waals surface area contributed by atoms with E-state index in [1.54, 1.807) is 30.7 Å². The molecule has 4 heterocycles. The number of carbonyl (C=O) groups is 7. The Labute approximate surface area is 428 Å². The Morgan fingerprint density at radius 1 is 0.945 bits per heavy atom. The molecule has 3 aromatic rings. The summed E-state index contributed by atoms with van der Waals surface area (Å²) in [6, 6.07) is 5.12. The lowest BCUT2D eigenvalue weighted by atomic mass is 10.0. The van der Waals surface area contributed by atoms with Gasteiger partial charge in [-0.1, -0.05) is 20.8 Å². The number of amides is 3. The molecule has 26 heteroatoms. The number of methoxy groups -OCH3 is 1. The van der Waals surface area contributed by atoms with Crippen LogP contribution < -0.4 is 25.4 Å². The molecule has 2 aromatic heterocycles. The van der Waals surface area contributed by atoms with Crippen molar-refractivity contribution in [3.63, 3.8) is 0 Å². The summed E-state index contributed by atoms with van der Waals surface area (Å²) in [5.74, 6) is -6.16. The Morgan fingerprint density at radius 2 is 1.60 bits per heavy atom. The maximum absolute atomic E-state index is 13.5. The fraction of sp³-hybridized carbons (Fsp3) is 0.511. The van der Waals surface area contributed by atoms with Crippen molar-refractivity contribution < 1.29 is 74.1 Å². The summed E-state index contributed by atoms with van der Waals surface area (Å²) in [5.41, 5.74) is 3.64. The van der Waals surface area contributed by atoms with Crippen LogP contribution in [-0.2, 0) is 67.8 Å². The molecule has 0 aliphatic carbocycles. The van der Waals surface area contributed by atoms with Crippen LogP contribution in [0.3, 0.4) is 0 Å². The van der Waals surface area contributed by atoms with Crippen molar-refractivity contribution in [1.29, 1.82) is 0 Å². The number of anilines is 1. The molecule has 0 fully saturated rings. The van der Waals surface area contributed by atoms with Crippen LogP contribution in [0.15, 0.2) is 32.7 Å². The van der Waals surface area contributed by atoms with Crippen molar-refractivity contribution in [2.75, 3.05) is 64.8 Å². The summed E-state index contributed by atoms with van der Waals surface area (Å²) in [5, 5.41) is 8.88. The second-order valence-electron chi connectivity index (χ2n) is 17.0. The minimum Gasteiger partial charge on any atom is -0.451 e. The predicted molar refractivity (Wildman–Crippen MR) is 266 cm³/mol. The van der Waals surface area contributed by atoms with Crippen LogP contribution in [0.25, 0.3) is 11.6 Å². The number of aromatic nitrogens is 1. The van der Waals surface area contributed by atoms with E-state index in [0.29, 0.717) is 77.8 Å². The van der Waals surface area contributed by atoms with Gasteiger partial charge in [0.2, 0.25) is 0 Å². The normalized spacial score (nSPS) is 16.9. The molecule has 0 radical (unpaired) electrons. The Bertz CT molecular complexity index is 2840. The second kappa shape index (κ2) is 25.3. The number of esters is 4. The molecule has 73 heavy (non-hydrogen) atoms. The molecule has 1 aromatic carbocycles. The zero-order valence-electron chi connectivity index (χ0n) is 42.1. The average Bonchev–Trinajstić information content (AvgIpc) is 4.01. The third-order valence-electron chi connectivity index (χ3n) is 11.8. The summed E-state index contributed by atoms with van der Waals surface area (Å²) in [4.78, 5) is 95.5. The summed E-state index contributed by atoms with van der Waals surface area (Å²) in [6.07, 6.45) is -3.96. The van der Waals surface area contributed by atoms with Crippen molar-refractivity contribution in [1.82, 2.24) is 29.5 Å². The number of benzene rings is 1. The molecule has 2 aliphatic heterocycles. The van der Waals surface area contributed by atoms with Gasteiger partial charge >= 0.3 is 23.9 Å². The predicted octanol–water partition coefficient (Wildman–Crippen LogP) is 2.93. The van der Waals surface area contributed by atoms with Gasteiger partial charge in [0.05, 0.1) is 24.0 Å². The Kier molecular flexibility index (Phi) is 20.0. The number of rotatable bonds is 25. The van der Waals surface area contributed by atoms with Crippen LogP contribution >= 0.6 is 11.3 Å². The molecule has 4 atom stereocenters. The first kappa shape index (κ1) is 57.9. The van der Waals surface area contributed by atoms with E-state index in [4.69, 9.17) is 23.7 Å². The van der Waals surface area contributed by atoms with E-state index in [0.717, 1.165) is 33.9 Å². The molecule has 0 bridgehead atoms.